The molecule has 0 amide bonds. The number of benzene rings is 1. The van der Waals surface area contributed by atoms with Gasteiger partial charge in [-0.3, -0.25) is 4.98 Å². The summed E-state index contributed by atoms with van der Waals surface area (Å²) in [7, 11) is 0. The van der Waals surface area contributed by atoms with Gasteiger partial charge in [-0.1, -0.05) is 19.1 Å². The first-order valence-electron chi connectivity index (χ1n) is 5.09. The molecule has 0 aliphatic rings. The van der Waals surface area contributed by atoms with Gasteiger partial charge >= 0.3 is 0 Å². The van der Waals surface area contributed by atoms with Gasteiger partial charge in [-0.15, -0.1) is 11.8 Å². The van der Waals surface area contributed by atoms with Crippen molar-refractivity contribution in [1.82, 2.24) is 4.98 Å². The fourth-order valence-corrected chi connectivity index (χ4v) is 2.41. The Morgan fingerprint density at radius 1 is 1.33 bits per heavy atom. The summed E-state index contributed by atoms with van der Waals surface area (Å²) in [5.41, 5.74) is 7.55. The average molecular weight is 218 g/mol. The number of thioether (sulfide) groups is 1. The van der Waals surface area contributed by atoms with E-state index in [1.807, 2.05) is 30.1 Å². The van der Waals surface area contributed by atoms with E-state index in [-0.39, 0.29) is 0 Å². The highest BCUT2D eigenvalue weighted by Crippen LogP contribution is 2.29. The van der Waals surface area contributed by atoms with E-state index in [2.05, 4.69) is 24.0 Å². The zero-order valence-electron chi connectivity index (χ0n) is 8.73. The summed E-state index contributed by atoms with van der Waals surface area (Å²) in [5, 5.41) is 1.16. The molecule has 2 nitrogen and oxygen atoms in total. The number of pyridine rings is 1. The van der Waals surface area contributed by atoms with E-state index in [1.54, 1.807) is 0 Å². The summed E-state index contributed by atoms with van der Waals surface area (Å²) in [6.07, 6.45) is 3.01. The van der Waals surface area contributed by atoms with Crippen LogP contribution in [0.25, 0.3) is 10.9 Å². The van der Waals surface area contributed by atoms with Crippen molar-refractivity contribution in [2.24, 2.45) is 0 Å². The standard InChI is InChI=1S/C12H14N2S/c1-2-8-15-11-6-7-14-12-9(11)4-3-5-10(12)13/h3-7H,2,8,13H2,1H3. The molecule has 1 aromatic carbocycles. The van der Waals surface area contributed by atoms with Crippen LogP contribution in [-0.4, -0.2) is 10.7 Å². The third kappa shape index (κ3) is 2.07. The Labute approximate surface area is 93.9 Å². The van der Waals surface area contributed by atoms with Crippen LogP contribution < -0.4 is 5.73 Å². The lowest BCUT2D eigenvalue weighted by molar-refractivity contribution is 1.10. The lowest BCUT2D eigenvalue weighted by Gasteiger charge is -2.06. The highest BCUT2D eigenvalue weighted by Gasteiger charge is 2.03. The highest BCUT2D eigenvalue weighted by atomic mass is 32.2. The van der Waals surface area contributed by atoms with Crippen LogP contribution in [0.15, 0.2) is 35.4 Å². The quantitative estimate of drug-likeness (QED) is 0.634. The molecule has 0 spiro atoms. The number of rotatable bonds is 3. The molecule has 0 unspecified atom stereocenters. The first-order chi connectivity index (χ1) is 7.33. The number of aromatic nitrogens is 1. The maximum absolute atomic E-state index is 5.88. The number of nitrogen functional groups attached to an aromatic ring is 1. The summed E-state index contributed by atoms with van der Waals surface area (Å²) in [6, 6.07) is 8.01. The number of hydrogen-bond donors (Lipinski definition) is 1. The van der Waals surface area contributed by atoms with Crippen LogP contribution in [0.5, 0.6) is 0 Å². The van der Waals surface area contributed by atoms with E-state index in [4.69, 9.17) is 5.73 Å². The first kappa shape index (κ1) is 10.3. The molecular weight excluding hydrogens is 204 g/mol. The zero-order chi connectivity index (χ0) is 10.7. The number of anilines is 1. The molecule has 2 N–H and O–H groups in total. The van der Waals surface area contributed by atoms with Gasteiger partial charge in [0.25, 0.3) is 0 Å². The minimum absolute atomic E-state index is 0.756. The van der Waals surface area contributed by atoms with Crippen molar-refractivity contribution in [2.75, 3.05) is 11.5 Å². The monoisotopic (exact) mass is 218 g/mol. The topological polar surface area (TPSA) is 38.9 Å². The molecule has 0 aliphatic heterocycles. The Morgan fingerprint density at radius 3 is 3.00 bits per heavy atom. The molecule has 1 aromatic heterocycles. The molecule has 1 heterocycles. The third-order valence-electron chi connectivity index (χ3n) is 2.22. The van der Waals surface area contributed by atoms with Gasteiger partial charge in [-0.2, -0.15) is 0 Å². The van der Waals surface area contributed by atoms with E-state index in [0.717, 1.165) is 22.3 Å². The van der Waals surface area contributed by atoms with Crippen molar-refractivity contribution >= 4 is 28.4 Å². The second kappa shape index (κ2) is 4.53. The van der Waals surface area contributed by atoms with Crippen molar-refractivity contribution < 1.29 is 0 Å². The third-order valence-corrected chi connectivity index (χ3v) is 3.50. The molecule has 0 bridgehead atoms. The molecular formula is C12H14N2S. The van der Waals surface area contributed by atoms with Crippen LogP contribution in [0, 0.1) is 0 Å². The van der Waals surface area contributed by atoms with E-state index in [1.165, 1.54) is 11.3 Å². The van der Waals surface area contributed by atoms with Crippen molar-refractivity contribution in [3.05, 3.63) is 30.5 Å². The highest BCUT2D eigenvalue weighted by molar-refractivity contribution is 7.99. The van der Waals surface area contributed by atoms with Gasteiger partial charge in [0.2, 0.25) is 0 Å². The minimum Gasteiger partial charge on any atom is -0.397 e. The Kier molecular flexibility index (Phi) is 3.11. The van der Waals surface area contributed by atoms with Crippen molar-refractivity contribution in [1.29, 1.82) is 0 Å². The molecule has 2 aromatic rings. The van der Waals surface area contributed by atoms with Crippen LogP contribution in [0.1, 0.15) is 13.3 Å². The summed E-state index contributed by atoms with van der Waals surface area (Å²) in [5.74, 6) is 1.13. The Bertz CT molecular complexity index is 468. The van der Waals surface area contributed by atoms with Gasteiger partial charge in [-0.25, -0.2) is 0 Å². The van der Waals surface area contributed by atoms with Gasteiger partial charge in [-0.05, 0) is 24.3 Å². The lowest BCUT2D eigenvalue weighted by Crippen LogP contribution is -1.90. The molecule has 78 valence electrons. The maximum Gasteiger partial charge on any atom is 0.0942 e. The van der Waals surface area contributed by atoms with Gasteiger partial charge in [0.15, 0.2) is 0 Å². The largest absolute Gasteiger partial charge is 0.397 e. The van der Waals surface area contributed by atoms with E-state index < -0.39 is 0 Å². The number of para-hydroxylation sites is 1. The predicted octanol–water partition coefficient (Wildman–Crippen LogP) is 3.32. The lowest BCUT2D eigenvalue weighted by atomic mass is 10.2. The fourth-order valence-electron chi connectivity index (χ4n) is 1.51. The van der Waals surface area contributed by atoms with Crippen molar-refractivity contribution in [3.63, 3.8) is 0 Å². The maximum atomic E-state index is 5.88. The van der Waals surface area contributed by atoms with Crippen molar-refractivity contribution in [2.45, 2.75) is 18.2 Å². The average Bonchev–Trinajstić information content (AvgIpc) is 2.27. The number of fused-ring (bicyclic) bond motifs is 1. The second-order valence-corrected chi connectivity index (χ2v) is 4.54. The molecule has 0 atom stereocenters. The molecule has 2 rings (SSSR count). The predicted molar refractivity (Wildman–Crippen MR) is 67.2 cm³/mol. The second-order valence-electron chi connectivity index (χ2n) is 3.40. The number of nitrogens with two attached hydrogens (primary N) is 1. The normalized spacial score (nSPS) is 10.7. The molecule has 0 saturated carbocycles. The fraction of sp³-hybridized carbons (Fsp3) is 0.250. The SMILES string of the molecule is CCCSc1ccnc2c(N)cccc12. The number of hydrogen-bond acceptors (Lipinski definition) is 3. The summed E-state index contributed by atoms with van der Waals surface area (Å²) in [6.45, 7) is 2.19. The van der Waals surface area contributed by atoms with Gasteiger partial charge in [0.05, 0.1) is 11.2 Å². The van der Waals surface area contributed by atoms with E-state index in [0.29, 0.717) is 0 Å². The zero-order valence-corrected chi connectivity index (χ0v) is 9.55. The van der Waals surface area contributed by atoms with Gasteiger partial charge in [0.1, 0.15) is 0 Å². The number of nitrogens with zero attached hydrogens (tertiary/aromatic N) is 1. The molecule has 0 saturated heterocycles. The van der Waals surface area contributed by atoms with Crippen LogP contribution in [0.2, 0.25) is 0 Å². The summed E-state index contributed by atoms with van der Waals surface area (Å²) >= 11 is 1.86. The van der Waals surface area contributed by atoms with Crippen LogP contribution in [0.3, 0.4) is 0 Å². The molecule has 15 heavy (non-hydrogen) atoms. The van der Waals surface area contributed by atoms with Crippen molar-refractivity contribution in [3.8, 4) is 0 Å². The minimum atomic E-state index is 0.756. The molecule has 0 aliphatic carbocycles. The van der Waals surface area contributed by atoms with Gasteiger partial charge in [0, 0.05) is 16.5 Å². The summed E-state index contributed by atoms with van der Waals surface area (Å²) in [4.78, 5) is 5.58. The Balaban J connectivity index is 2.51. The van der Waals surface area contributed by atoms with E-state index in [9.17, 15) is 0 Å². The van der Waals surface area contributed by atoms with Crippen LogP contribution >= 0.6 is 11.8 Å². The summed E-state index contributed by atoms with van der Waals surface area (Å²) < 4.78 is 0. The molecule has 0 radical (unpaired) electrons. The first-order valence-corrected chi connectivity index (χ1v) is 6.07. The van der Waals surface area contributed by atoms with Gasteiger partial charge < -0.3 is 5.73 Å². The van der Waals surface area contributed by atoms with Crippen LogP contribution in [-0.2, 0) is 0 Å². The molecule has 3 heteroatoms. The smallest absolute Gasteiger partial charge is 0.0942 e. The molecule has 0 fully saturated rings. The van der Waals surface area contributed by atoms with Crippen LogP contribution in [0.4, 0.5) is 5.69 Å². The Hall–Kier alpha value is -1.22. The Morgan fingerprint density at radius 2 is 2.20 bits per heavy atom. The van der Waals surface area contributed by atoms with E-state index >= 15 is 0 Å².